The third kappa shape index (κ3) is 3.32. The predicted octanol–water partition coefficient (Wildman–Crippen LogP) is 2.12. The number of aromatic nitrogens is 8. The topological polar surface area (TPSA) is 106 Å². The van der Waals surface area contributed by atoms with Crippen molar-refractivity contribution in [3.63, 3.8) is 0 Å². The number of hydrogen-bond donors (Lipinski definition) is 1. The second-order valence-electron chi connectivity index (χ2n) is 4.63. The summed E-state index contributed by atoms with van der Waals surface area (Å²) in [5.74, 6) is 1.18. The van der Waals surface area contributed by atoms with Gasteiger partial charge in [0.1, 0.15) is 22.0 Å². The molecule has 0 spiro atoms. The Hall–Kier alpha value is -2.23. The van der Waals surface area contributed by atoms with Crippen molar-refractivity contribution in [1.82, 2.24) is 39.2 Å². The first-order valence-corrected chi connectivity index (χ1v) is 7.64. The van der Waals surface area contributed by atoms with Crippen LogP contribution in [0.5, 0.6) is 0 Å². The van der Waals surface area contributed by atoms with Crippen LogP contribution in [0.25, 0.3) is 11.3 Å². The van der Waals surface area contributed by atoms with Gasteiger partial charge in [0, 0.05) is 12.1 Å². The Balaban J connectivity index is 0.000000141. The van der Waals surface area contributed by atoms with Crippen molar-refractivity contribution in [2.24, 2.45) is 0 Å². The molecule has 4 aromatic heterocycles. The average Bonchev–Trinajstić information content (AvgIpc) is 3.01. The van der Waals surface area contributed by atoms with Gasteiger partial charge < -0.3 is 0 Å². The van der Waals surface area contributed by atoms with Gasteiger partial charge in [0.2, 0.25) is 5.28 Å². The molecule has 124 valence electrons. The van der Waals surface area contributed by atoms with Gasteiger partial charge in [0.05, 0.1) is 0 Å². The van der Waals surface area contributed by atoms with Crippen LogP contribution < -0.4 is 5.69 Å². The van der Waals surface area contributed by atoms with E-state index in [9.17, 15) is 4.79 Å². The fourth-order valence-electron chi connectivity index (χ4n) is 1.91. The van der Waals surface area contributed by atoms with Crippen molar-refractivity contribution in [3.05, 3.63) is 49.9 Å². The Morgan fingerprint density at radius 2 is 1.50 bits per heavy atom. The van der Waals surface area contributed by atoms with Gasteiger partial charge in [-0.15, -0.1) is 10.2 Å². The molecule has 0 bridgehead atoms. The smallest absolute Gasteiger partial charge is 0.296 e. The average molecular weight is 388 g/mol. The van der Waals surface area contributed by atoms with Crippen molar-refractivity contribution in [2.75, 3.05) is 0 Å². The van der Waals surface area contributed by atoms with Crippen LogP contribution >= 0.6 is 34.8 Å². The highest BCUT2D eigenvalue weighted by Gasteiger charge is 2.05. The van der Waals surface area contributed by atoms with E-state index in [-0.39, 0.29) is 16.1 Å². The molecule has 4 aromatic rings. The Labute approximate surface area is 149 Å². The maximum Gasteiger partial charge on any atom is 0.349 e. The number of H-pyrrole nitrogens is 1. The number of halogens is 3. The van der Waals surface area contributed by atoms with Crippen molar-refractivity contribution in [2.45, 2.75) is 13.8 Å². The third-order valence-corrected chi connectivity index (χ3v) is 3.41. The molecule has 0 aliphatic carbocycles. The molecule has 0 aromatic carbocycles. The zero-order chi connectivity index (χ0) is 17.4. The van der Waals surface area contributed by atoms with Crippen molar-refractivity contribution in [3.8, 4) is 0 Å². The van der Waals surface area contributed by atoms with E-state index in [0.29, 0.717) is 28.1 Å². The summed E-state index contributed by atoms with van der Waals surface area (Å²) in [6.07, 6.45) is 0. The molecular formula is C12H9Cl3N8O. The molecule has 24 heavy (non-hydrogen) atoms. The zero-order valence-corrected chi connectivity index (χ0v) is 14.6. The molecule has 0 aliphatic rings. The van der Waals surface area contributed by atoms with Gasteiger partial charge in [-0.1, -0.05) is 23.2 Å². The van der Waals surface area contributed by atoms with Crippen LogP contribution in [0.15, 0.2) is 16.9 Å². The first-order valence-electron chi connectivity index (χ1n) is 6.51. The largest absolute Gasteiger partial charge is 0.349 e. The van der Waals surface area contributed by atoms with Gasteiger partial charge >= 0.3 is 5.69 Å². The second kappa shape index (κ2) is 6.34. The van der Waals surface area contributed by atoms with E-state index in [1.807, 2.05) is 0 Å². The van der Waals surface area contributed by atoms with E-state index in [2.05, 4.69) is 30.1 Å². The fraction of sp³-hybridized carbons (Fsp3) is 0.167. The summed E-state index contributed by atoms with van der Waals surface area (Å²) in [6, 6.07) is 3.15. The lowest BCUT2D eigenvalue weighted by Crippen LogP contribution is -2.16. The molecule has 4 rings (SSSR count). The Bertz CT molecular complexity index is 1100. The van der Waals surface area contributed by atoms with Crippen molar-refractivity contribution in [1.29, 1.82) is 0 Å². The lowest BCUT2D eigenvalue weighted by molar-refractivity contribution is 0.852. The van der Waals surface area contributed by atoms with Crippen LogP contribution in [0.3, 0.4) is 0 Å². The summed E-state index contributed by atoms with van der Waals surface area (Å²) in [7, 11) is 0. The van der Waals surface area contributed by atoms with Crippen LogP contribution in [0.2, 0.25) is 15.6 Å². The highest BCUT2D eigenvalue weighted by atomic mass is 35.5. The minimum atomic E-state index is -0.377. The standard InChI is InChI=1S/C6H4Cl2N4.C6H5ClN4O/c1-3-9-5-2-4(7)10-6(8)12(5)11-3;1-3-8-5-2-4(7)9-6(12)11(5)10-3/h2H,1H3;2H,1H3,(H,9,12). The Kier molecular flexibility index (Phi) is 4.39. The number of aryl methyl sites for hydroxylation is 2. The molecule has 0 amide bonds. The van der Waals surface area contributed by atoms with Gasteiger partial charge in [-0.05, 0) is 25.4 Å². The SMILES string of the molecule is Cc1nc2cc(Cl)[nH]c(=O)n2n1.Cc1nc2cc(Cl)nc(Cl)n2n1. The molecule has 4 heterocycles. The monoisotopic (exact) mass is 386 g/mol. The number of nitrogens with zero attached hydrogens (tertiary/aromatic N) is 7. The molecule has 9 nitrogen and oxygen atoms in total. The second-order valence-corrected chi connectivity index (χ2v) is 5.76. The first kappa shape index (κ1) is 16.6. The third-order valence-electron chi connectivity index (χ3n) is 2.77. The maximum atomic E-state index is 11.1. The quantitative estimate of drug-likeness (QED) is 0.366. The summed E-state index contributed by atoms with van der Waals surface area (Å²) in [4.78, 5) is 25.4. The summed E-state index contributed by atoms with van der Waals surface area (Å²) >= 11 is 17.0. The molecule has 0 unspecified atom stereocenters. The van der Waals surface area contributed by atoms with Crippen molar-refractivity contribution >= 4 is 46.1 Å². The predicted molar refractivity (Wildman–Crippen MR) is 88.9 cm³/mol. The minimum absolute atomic E-state index is 0.220. The molecular weight excluding hydrogens is 379 g/mol. The lowest BCUT2D eigenvalue weighted by Gasteiger charge is -1.93. The van der Waals surface area contributed by atoms with E-state index >= 15 is 0 Å². The van der Waals surface area contributed by atoms with E-state index in [1.54, 1.807) is 26.0 Å². The summed E-state index contributed by atoms with van der Waals surface area (Å²) < 4.78 is 2.60. The summed E-state index contributed by atoms with van der Waals surface area (Å²) in [6.45, 7) is 3.48. The first-order chi connectivity index (χ1) is 11.3. The van der Waals surface area contributed by atoms with E-state index in [1.165, 1.54) is 9.03 Å². The van der Waals surface area contributed by atoms with Crippen molar-refractivity contribution < 1.29 is 0 Å². The molecule has 0 atom stereocenters. The minimum Gasteiger partial charge on any atom is -0.296 e. The van der Waals surface area contributed by atoms with Gasteiger partial charge in [-0.3, -0.25) is 4.98 Å². The highest BCUT2D eigenvalue weighted by Crippen LogP contribution is 2.13. The number of aromatic amines is 1. The number of fused-ring (bicyclic) bond motifs is 2. The summed E-state index contributed by atoms with van der Waals surface area (Å²) in [5, 5.41) is 8.67. The van der Waals surface area contributed by atoms with Crippen LogP contribution in [0.4, 0.5) is 0 Å². The molecule has 0 aliphatic heterocycles. The highest BCUT2D eigenvalue weighted by molar-refractivity contribution is 6.32. The van der Waals surface area contributed by atoms with Crippen LogP contribution in [0.1, 0.15) is 11.6 Å². The normalized spacial score (nSPS) is 10.9. The molecule has 0 fully saturated rings. The fourth-order valence-corrected chi connectivity index (χ4v) is 2.53. The Morgan fingerprint density at radius 3 is 2.17 bits per heavy atom. The van der Waals surface area contributed by atoms with Gasteiger partial charge in [0.15, 0.2) is 11.3 Å². The van der Waals surface area contributed by atoms with Crippen LogP contribution in [-0.4, -0.2) is 39.2 Å². The van der Waals surface area contributed by atoms with Gasteiger partial charge in [-0.25, -0.2) is 19.7 Å². The molecule has 0 saturated carbocycles. The molecule has 1 N–H and O–H groups in total. The number of nitrogens with one attached hydrogen (secondary N) is 1. The molecule has 12 heteroatoms. The van der Waals surface area contributed by atoms with E-state index in [0.717, 1.165) is 0 Å². The lowest BCUT2D eigenvalue weighted by atomic mass is 10.6. The molecule has 0 saturated heterocycles. The van der Waals surface area contributed by atoms with Gasteiger partial charge in [0.25, 0.3) is 0 Å². The van der Waals surface area contributed by atoms with E-state index in [4.69, 9.17) is 34.8 Å². The zero-order valence-electron chi connectivity index (χ0n) is 12.3. The van der Waals surface area contributed by atoms with Crippen LogP contribution in [-0.2, 0) is 0 Å². The van der Waals surface area contributed by atoms with Crippen LogP contribution in [0, 0.1) is 13.8 Å². The number of hydrogen-bond acceptors (Lipinski definition) is 6. The maximum absolute atomic E-state index is 11.1. The summed E-state index contributed by atoms with van der Waals surface area (Å²) in [5.41, 5.74) is 0.692. The molecule has 0 radical (unpaired) electrons. The van der Waals surface area contributed by atoms with Gasteiger partial charge in [-0.2, -0.15) is 9.03 Å². The number of rotatable bonds is 0. The van der Waals surface area contributed by atoms with E-state index < -0.39 is 0 Å². The Morgan fingerprint density at radius 1 is 0.917 bits per heavy atom.